The van der Waals surface area contributed by atoms with Gasteiger partial charge in [-0.2, -0.15) is 0 Å². The first kappa shape index (κ1) is 23.8. The van der Waals surface area contributed by atoms with E-state index in [9.17, 15) is 8.42 Å². The van der Waals surface area contributed by atoms with Crippen LogP contribution in [0.25, 0.3) is 17.3 Å². The monoisotopic (exact) mass is 494 g/mol. The fourth-order valence-corrected chi connectivity index (χ4v) is 4.54. The Morgan fingerprint density at radius 3 is 2.37 bits per heavy atom. The van der Waals surface area contributed by atoms with Crippen molar-refractivity contribution in [3.05, 3.63) is 60.4 Å². The summed E-state index contributed by atoms with van der Waals surface area (Å²) in [5.74, 6) is 2.58. The number of aryl methyl sites for hydroxylation is 1. The van der Waals surface area contributed by atoms with Crippen LogP contribution in [0.1, 0.15) is 17.3 Å². The molecule has 35 heavy (non-hydrogen) atoms. The van der Waals surface area contributed by atoms with Crippen molar-refractivity contribution in [1.82, 2.24) is 24.7 Å². The smallest absolute Gasteiger partial charge is 0.243 e. The molecule has 12 heteroatoms. The first-order chi connectivity index (χ1) is 16.9. The Morgan fingerprint density at radius 1 is 1.11 bits per heavy atom. The van der Waals surface area contributed by atoms with Crippen molar-refractivity contribution in [2.24, 2.45) is 0 Å². The molecule has 3 aromatic heterocycles. The highest BCUT2D eigenvalue weighted by atomic mass is 32.2. The quantitative estimate of drug-likeness (QED) is 0.349. The Morgan fingerprint density at radius 2 is 1.80 bits per heavy atom. The molecule has 0 bridgehead atoms. The molecular weight excluding hydrogens is 472 g/mol. The summed E-state index contributed by atoms with van der Waals surface area (Å²) in [7, 11) is -1.07. The van der Waals surface area contributed by atoms with E-state index in [4.69, 9.17) is 20.3 Å². The van der Waals surface area contributed by atoms with Crippen LogP contribution >= 0.6 is 0 Å². The number of benzene rings is 1. The normalized spacial score (nSPS) is 12.1. The number of hydrogen-bond acceptors (Lipinski definition) is 9. The van der Waals surface area contributed by atoms with Gasteiger partial charge in [-0.3, -0.25) is 9.29 Å². The average molecular weight is 495 g/mol. The number of nitrogens with zero attached hydrogens (tertiary/aromatic N) is 5. The molecule has 11 nitrogen and oxygen atoms in total. The predicted octanol–water partition coefficient (Wildman–Crippen LogP) is 2.80. The summed E-state index contributed by atoms with van der Waals surface area (Å²) in [6.45, 7) is 1.82. The van der Waals surface area contributed by atoms with E-state index in [1.54, 1.807) is 42.7 Å². The summed E-state index contributed by atoms with van der Waals surface area (Å²) >= 11 is 0. The second-order valence-corrected chi connectivity index (χ2v) is 9.16. The molecule has 0 saturated heterocycles. The number of sulfonamides is 1. The predicted molar refractivity (Wildman–Crippen MR) is 128 cm³/mol. The number of hydrogen-bond donors (Lipinski definition) is 1. The number of ether oxygens (including phenoxy) is 2. The highest BCUT2D eigenvalue weighted by molar-refractivity contribution is 7.92. The van der Waals surface area contributed by atoms with Crippen LogP contribution in [0.4, 0.5) is 5.95 Å². The van der Waals surface area contributed by atoms with Crippen LogP contribution in [0.2, 0.25) is 0 Å². The Hall–Kier alpha value is -4.37. The summed E-state index contributed by atoms with van der Waals surface area (Å²) < 4.78 is 46.8. The number of anilines is 1. The Kier molecular flexibility index (Phi) is 6.70. The van der Waals surface area contributed by atoms with E-state index >= 15 is 0 Å². The maximum absolute atomic E-state index is 13.2. The molecule has 1 aromatic carbocycles. The van der Waals surface area contributed by atoms with Crippen molar-refractivity contribution in [2.45, 2.75) is 12.8 Å². The number of terminal acetylenes is 1. The molecule has 0 spiro atoms. The third-order valence-corrected chi connectivity index (χ3v) is 6.24. The molecule has 0 amide bonds. The number of furan rings is 1. The number of aromatic nitrogens is 5. The minimum Gasteiger partial charge on any atom is -0.494 e. The number of methoxy groups -OCH3 is 2. The van der Waals surface area contributed by atoms with Crippen molar-refractivity contribution in [1.29, 1.82) is 0 Å². The average Bonchev–Trinajstić information content (AvgIpc) is 3.52. The first-order valence-corrected chi connectivity index (χ1v) is 12.0. The zero-order chi connectivity index (χ0) is 25.0. The first-order valence-electron chi connectivity index (χ1n) is 10.3. The highest BCUT2D eigenvalue weighted by Crippen LogP contribution is 2.37. The summed E-state index contributed by atoms with van der Waals surface area (Å²) in [6, 6.07) is 8.48. The molecule has 0 unspecified atom stereocenters. The highest BCUT2D eigenvalue weighted by Gasteiger charge is 2.28. The lowest BCUT2D eigenvalue weighted by molar-refractivity contribution is 0.391. The molecule has 0 fully saturated rings. The SMILES string of the molecule is C#C[C@H](CS(=O)(=O)Nc1nnc(-c2ccco2)n1-c1c(OC)cccc1OC)c1ncc(C)cn1. The van der Waals surface area contributed by atoms with Gasteiger partial charge in [0, 0.05) is 12.4 Å². The number of para-hydroxylation sites is 1. The van der Waals surface area contributed by atoms with Crippen LogP contribution in [0.15, 0.2) is 53.4 Å². The van der Waals surface area contributed by atoms with E-state index in [1.165, 1.54) is 25.0 Å². The fourth-order valence-electron chi connectivity index (χ4n) is 3.36. The largest absolute Gasteiger partial charge is 0.494 e. The van der Waals surface area contributed by atoms with Crippen molar-refractivity contribution < 1.29 is 22.3 Å². The molecule has 0 aliphatic carbocycles. The molecule has 0 aliphatic heterocycles. The minimum atomic E-state index is -4.04. The lowest BCUT2D eigenvalue weighted by Gasteiger charge is -2.17. The van der Waals surface area contributed by atoms with Crippen LogP contribution in [-0.2, 0) is 10.0 Å². The molecule has 4 rings (SSSR count). The van der Waals surface area contributed by atoms with E-state index in [2.05, 4.69) is 30.8 Å². The molecule has 4 aromatic rings. The zero-order valence-corrected chi connectivity index (χ0v) is 20.0. The molecular formula is C23H22N6O5S. The molecule has 0 saturated carbocycles. The van der Waals surface area contributed by atoms with Gasteiger partial charge in [-0.1, -0.05) is 12.0 Å². The molecule has 180 valence electrons. The van der Waals surface area contributed by atoms with Gasteiger partial charge < -0.3 is 13.9 Å². The van der Waals surface area contributed by atoms with E-state index < -0.39 is 21.7 Å². The topological polar surface area (TPSA) is 134 Å². The Labute approximate surface area is 202 Å². The molecule has 1 atom stereocenters. The standard InChI is InChI=1S/C23H22N6O5S/c1-5-16(21-24-12-15(2)13-25-21)14-35(30,31)28-23-27-26-22(19-10-7-11-34-19)29(23)20-17(32-3)8-6-9-18(20)33-4/h1,6-13,16H,14H2,2-4H3,(H,27,28)/t16-/m1/s1. The second-order valence-electron chi connectivity index (χ2n) is 7.39. The zero-order valence-electron chi connectivity index (χ0n) is 19.2. The van der Waals surface area contributed by atoms with Gasteiger partial charge in [-0.25, -0.2) is 18.4 Å². The lowest BCUT2D eigenvalue weighted by Crippen LogP contribution is -2.24. The van der Waals surface area contributed by atoms with Crippen LogP contribution < -0.4 is 14.2 Å². The number of rotatable bonds is 9. The van der Waals surface area contributed by atoms with Crippen molar-refractivity contribution in [3.63, 3.8) is 0 Å². The fraction of sp³-hybridized carbons (Fsp3) is 0.217. The van der Waals surface area contributed by atoms with E-state index in [0.717, 1.165) is 5.56 Å². The third kappa shape index (κ3) is 4.95. The van der Waals surface area contributed by atoms with Crippen molar-refractivity contribution in [2.75, 3.05) is 24.7 Å². The maximum atomic E-state index is 13.2. The van der Waals surface area contributed by atoms with Crippen LogP contribution in [-0.4, -0.2) is 53.1 Å². The van der Waals surface area contributed by atoms with Crippen molar-refractivity contribution >= 4 is 16.0 Å². The van der Waals surface area contributed by atoms with Gasteiger partial charge in [0.1, 0.15) is 23.0 Å². The molecule has 0 aliphatic rings. The van der Waals surface area contributed by atoms with Gasteiger partial charge in [0.25, 0.3) is 0 Å². The van der Waals surface area contributed by atoms with E-state index in [0.29, 0.717) is 22.9 Å². The van der Waals surface area contributed by atoms with Gasteiger partial charge >= 0.3 is 0 Å². The Bertz CT molecular complexity index is 1440. The van der Waals surface area contributed by atoms with Gasteiger partial charge in [0.15, 0.2) is 5.76 Å². The summed E-state index contributed by atoms with van der Waals surface area (Å²) in [4.78, 5) is 8.33. The summed E-state index contributed by atoms with van der Waals surface area (Å²) in [6.07, 6.45) is 10.2. The molecule has 1 N–H and O–H groups in total. The summed E-state index contributed by atoms with van der Waals surface area (Å²) in [5, 5.41) is 8.22. The molecule has 0 radical (unpaired) electrons. The van der Waals surface area contributed by atoms with E-state index in [-0.39, 0.29) is 17.6 Å². The third-order valence-electron chi connectivity index (χ3n) is 4.98. The van der Waals surface area contributed by atoms with Gasteiger partial charge in [-0.15, -0.1) is 16.6 Å². The summed E-state index contributed by atoms with van der Waals surface area (Å²) in [5.41, 5.74) is 1.21. The van der Waals surface area contributed by atoms with E-state index in [1.807, 2.05) is 6.92 Å². The minimum absolute atomic E-state index is 0.111. The van der Waals surface area contributed by atoms with Gasteiger partial charge in [-0.05, 0) is 36.8 Å². The van der Waals surface area contributed by atoms with Gasteiger partial charge in [0.2, 0.25) is 21.8 Å². The number of nitrogens with one attached hydrogen (secondary N) is 1. The Balaban J connectivity index is 1.78. The van der Waals surface area contributed by atoms with Crippen molar-refractivity contribution in [3.8, 4) is 41.1 Å². The van der Waals surface area contributed by atoms with Crippen LogP contribution in [0.5, 0.6) is 11.5 Å². The lowest BCUT2D eigenvalue weighted by atomic mass is 10.2. The van der Waals surface area contributed by atoms with Gasteiger partial charge in [0.05, 0.1) is 32.2 Å². The maximum Gasteiger partial charge on any atom is 0.243 e. The van der Waals surface area contributed by atoms with Crippen LogP contribution in [0, 0.1) is 19.3 Å². The molecule has 3 heterocycles. The second kappa shape index (κ2) is 9.86. The van der Waals surface area contributed by atoms with Crippen LogP contribution in [0.3, 0.4) is 0 Å².